The first-order valence-corrected chi connectivity index (χ1v) is 6.96. The standard InChI is InChI=1S/C12H17BrN6/c1-3-15-11-10(13)12(17-7-16-11)18-9(2)6-19-5-4-14-8-19/h4-5,7-9H,3,6H2,1-2H3,(H2,15,16,17,18). The second-order valence-electron chi connectivity index (χ2n) is 4.22. The van der Waals surface area contributed by atoms with Gasteiger partial charge in [0, 0.05) is 31.5 Å². The minimum absolute atomic E-state index is 0.231. The first kappa shape index (κ1) is 13.8. The van der Waals surface area contributed by atoms with Gasteiger partial charge in [-0.15, -0.1) is 0 Å². The van der Waals surface area contributed by atoms with Gasteiger partial charge in [0.25, 0.3) is 0 Å². The molecule has 0 fully saturated rings. The molecular weight excluding hydrogens is 308 g/mol. The van der Waals surface area contributed by atoms with Crippen LogP contribution in [0.15, 0.2) is 29.5 Å². The number of nitrogens with one attached hydrogen (secondary N) is 2. The molecule has 102 valence electrons. The maximum absolute atomic E-state index is 4.26. The quantitative estimate of drug-likeness (QED) is 0.853. The van der Waals surface area contributed by atoms with Crippen LogP contribution in [0.1, 0.15) is 13.8 Å². The predicted molar refractivity (Wildman–Crippen MR) is 79.2 cm³/mol. The van der Waals surface area contributed by atoms with Gasteiger partial charge in [0.1, 0.15) is 22.4 Å². The van der Waals surface area contributed by atoms with Crippen molar-refractivity contribution in [2.24, 2.45) is 0 Å². The SMILES string of the molecule is CCNc1ncnc(NC(C)Cn2ccnc2)c1Br. The Morgan fingerprint density at radius 2 is 2.16 bits per heavy atom. The lowest BCUT2D eigenvalue weighted by Gasteiger charge is -2.17. The summed E-state index contributed by atoms with van der Waals surface area (Å²) >= 11 is 3.52. The Hall–Kier alpha value is -1.63. The minimum Gasteiger partial charge on any atom is -0.369 e. The van der Waals surface area contributed by atoms with E-state index in [1.807, 2.05) is 17.7 Å². The van der Waals surface area contributed by atoms with E-state index in [1.165, 1.54) is 0 Å². The molecule has 0 bridgehead atoms. The Kier molecular flexibility index (Phi) is 4.73. The van der Waals surface area contributed by atoms with E-state index < -0.39 is 0 Å². The molecule has 0 amide bonds. The third-order valence-corrected chi connectivity index (χ3v) is 3.31. The molecule has 1 atom stereocenters. The number of nitrogens with zero attached hydrogens (tertiary/aromatic N) is 4. The molecule has 2 rings (SSSR count). The molecule has 7 heteroatoms. The molecule has 2 aromatic heterocycles. The summed E-state index contributed by atoms with van der Waals surface area (Å²) in [5.41, 5.74) is 0. The largest absolute Gasteiger partial charge is 0.369 e. The first-order chi connectivity index (χ1) is 9.20. The highest BCUT2D eigenvalue weighted by molar-refractivity contribution is 9.10. The summed E-state index contributed by atoms with van der Waals surface area (Å²) in [5, 5.41) is 6.54. The van der Waals surface area contributed by atoms with Crippen LogP contribution in [-0.2, 0) is 6.54 Å². The van der Waals surface area contributed by atoms with Crippen LogP contribution in [0.5, 0.6) is 0 Å². The molecule has 0 saturated heterocycles. The molecule has 1 unspecified atom stereocenters. The van der Waals surface area contributed by atoms with Gasteiger partial charge in [-0.25, -0.2) is 15.0 Å². The third kappa shape index (κ3) is 3.66. The van der Waals surface area contributed by atoms with E-state index in [0.717, 1.165) is 29.2 Å². The molecule has 2 heterocycles. The van der Waals surface area contributed by atoms with Crippen molar-refractivity contribution in [2.75, 3.05) is 17.2 Å². The summed E-state index contributed by atoms with van der Waals surface area (Å²) in [7, 11) is 0. The highest BCUT2D eigenvalue weighted by atomic mass is 79.9. The van der Waals surface area contributed by atoms with Crippen LogP contribution in [0.4, 0.5) is 11.6 Å². The topological polar surface area (TPSA) is 67.7 Å². The van der Waals surface area contributed by atoms with Crippen molar-refractivity contribution in [1.29, 1.82) is 0 Å². The smallest absolute Gasteiger partial charge is 0.146 e. The number of imidazole rings is 1. The number of anilines is 2. The van der Waals surface area contributed by atoms with E-state index in [0.29, 0.717) is 0 Å². The monoisotopic (exact) mass is 324 g/mol. The lowest BCUT2D eigenvalue weighted by Crippen LogP contribution is -2.22. The molecule has 0 aliphatic heterocycles. The van der Waals surface area contributed by atoms with E-state index in [-0.39, 0.29) is 6.04 Å². The van der Waals surface area contributed by atoms with Crippen LogP contribution in [-0.4, -0.2) is 32.1 Å². The molecule has 6 nitrogen and oxygen atoms in total. The Morgan fingerprint density at radius 1 is 1.37 bits per heavy atom. The normalized spacial score (nSPS) is 12.2. The van der Waals surface area contributed by atoms with Crippen LogP contribution >= 0.6 is 15.9 Å². The van der Waals surface area contributed by atoms with E-state index in [9.17, 15) is 0 Å². The van der Waals surface area contributed by atoms with E-state index in [1.54, 1.807) is 18.9 Å². The fourth-order valence-corrected chi connectivity index (χ4v) is 2.21. The van der Waals surface area contributed by atoms with Crippen molar-refractivity contribution in [1.82, 2.24) is 19.5 Å². The van der Waals surface area contributed by atoms with Gasteiger partial charge in [-0.3, -0.25) is 0 Å². The number of rotatable bonds is 6. The van der Waals surface area contributed by atoms with E-state index in [4.69, 9.17) is 0 Å². The summed E-state index contributed by atoms with van der Waals surface area (Å²) in [6, 6.07) is 0.231. The lowest BCUT2D eigenvalue weighted by atomic mass is 10.3. The molecule has 2 N–H and O–H groups in total. The summed E-state index contributed by atoms with van der Waals surface area (Å²) in [5.74, 6) is 1.59. The highest BCUT2D eigenvalue weighted by Gasteiger charge is 2.10. The van der Waals surface area contributed by atoms with Crippen LogP contribution < -0.4 is 10.6 Å². The van der Waals surface area contributed by atoms with Crippen LogP contribution in [0, 0.1) is 0 Å². The Labute approximate surface area is 120 Å². The number of aromatic nitrogens is 4. The zero-order chi connectivity index (χ0) is 13.7. The average molecular weight is 325 g/mol. The molecule has 0 aliphatic rings. The average Bonchev–Trinajstić information content (AvgIpc) is 2.87. The molecule has 0 saturated carbocycles. The zero-order valence-corrected chi connectivity index (χ0v) is 12.6. The maximum atomic E-state index is 4.26. The molecule has 0 radical (unpaired) electrons. The third-order valence-electron chi connectivity index (χ3n) is 2.56. The maximum Gasteiger partial charge on any atom is 0.146 e. The fraction of sp³-hybridized carbons (Fsp3) is 0.417. The molecule has 2 aromatic rings. The van der Waals surface area contributed by atoms with E-state index >= 15 is 0 Å². The minimum atomic E-state index is 0.231. The highest BCUT2D eigenvalue weighted by Crippen LogP contribution is 2.26. The van der Waals surface area contributed by atoms with Gasteiger partial charge in [-0.05, 0) is 29.8 Å². The predicted octanol–water partition coefficient (Wildman–Crippen LogP) is 2.37. The molecule has 0 aromatic carbocycles. The van der Waals surface area contributed by atoms with Gasteiger partial charge in [-0.1, -0.05) is 0 Å². The Morgan fingerprint density at radius 3 is 2.84 bits per heavy atom. The van der Waals surface area contributed by atoms with Gasteiger partial charge in [0.15, 0.2) is 0 Å². The van der Waals surface area contributed by atoms with Crippen molar-refractivity contribution in [3.63, 3.8) is 0 Å². The van der Waals surface area contributed by atoms with Gasteiger partial charge in [0.2, 0.25) is 0 Å². The zero-order valence-electron chi connectivity index (χ0n) is 11.0. The fourth-order valence-electron chi connectivity index (χ4n) is 1.75. The second kappa shape index (κ2) is 6.51. The summed E-state index contributed by atoms with van der Waals surface area (Å²) in [4.78, 5) is 12.5. The molecule has 0 spiro atoms. The molecule has 19 heavy (non-hydrogen) atoms. The summed E-state index contributed by atoms with van der Waals surface area (Å²) in [6.07, 6.45) is 7.07. The van der Waals surface area contributed by atoms with Crippen LogP contribution in [0.3, 0.4) is 0 Å². The van der Waals surface area contributed by atoms with Gasteiger partial charge >= 0.3 is 0 Å². The van der Waals surface area contributed by atoms with Crippen molar-refractivity contribution in [3.05, 3.63) is 29.5 Å². The Bertz CT molecular complexity index is 513. The van der Waals surface area contributed by atoms with Crippen LogP contribution in [0.25, 0.3) is 0 Å². The van der Waals surface area contributed by atoms with Crippen molar-refractivity contribution < 1.29 is 0 Å². The number of hydrogen-bond donors (Lipinski definition) is 2. The van der Waals surface area contributed by atoms with E-state index in [2.05, 4.69) is 48.4 Å². The first-order valence-electron chi connectivity index (χ1n) is 6.17. The van der Waals surface area contributed by atoms with Crippen LogP contribution in [0.2, 0.25) is 0 Å². The molecular formula is C12H17BrN6. The second-order valence-corrected chi connectivity index (χ2v) is 5.01. The lowest BCUT2D eigenvalue weighted by molar-refractivity contribution is 0.616. The number of halogens is 1. The van der Waals surface area contributed by atoms with Gasteiger partial charge in [0.05, 0.1) is 6.33 Å². The van der Waals surface area contributed by atoms with Crippen molar-refractivity contribution >= 4 is 27.6 Å². The molecule has 0 aliphatic carbocycles. The van der Waals surface area contributed by atoms with Gasteiger partial charge in [-0.2, -0.15) is 0 Å². The van der Waals surface area contributed by atoms with Crippen molar-refractivity contribution in [2.45, 2.75) is 26.4 Å². The Balaban J connectivity index is 2.04. The summed E-state index contributed by atoms with van der Waals surface area (Å²) < 4.78 is 2.88. The van der Waals surface area contributed by atoms with Crippen molar-refractivity contribution in [3.8, 4) is 0 Å². The number of hydrogen-bond acceptors (Lipinski definition) is 5. The summed E-state index contributed by atoms with van der Waals surface area (Å²) in [6.45, 7) is 5.78. The van der Waals surface area contributed by atoms with Gasteiger partial charge < -0.3 is 15.2 Å².